The largest absolute Gasteiger partial charge is 0.453 e. The van der Waals surface area contributed by atoms with Crippen LogP contribution in [0.15, 0.2) is 60.7 Å². The monoisotopic (exact) mass is 414 g/mol. The molecule has 0 aliphatic carbocycles. The van der Waals surface area contributed by atoms with Crippen molar-refractivity contribution in [1.82, 2.24) is 0 Å². The number of benzene rings is 2. The average molecular weight is 414 g/mol. The zero-order chi connectivity index (χ0) is 20.8. The number of rotatable bonds is 6. The minimum Gasteiger partial charge on any atom is -0.453 e. The molecule has 1 heterocycles. The first kappa shape index (κ1) is 20.9. The maximum atomic E-state index is 12.6. The molecule has 1 aliphatic rings. The Labute approximate surface area is 173 Å². The minimum absolute atomic E-state index is 0.180. The van der Waals surface area contributed by atoms with Crippen molar-refractivity contribution in [1.29, 1.82) is 0 Å². The van der Waals surface area contributed by atoms with Gasteiger partial charge in [0.05, 0.1) is 11.1 Å². The highest BCUT2D eigenvalue weighted by Crippen LogP contribution is 2.41. The van der Waals surface area contributed by atoms with Crippen LogP contribution in [0.2, 0.25) is 0 Å². The molecule has 0 saturated carbocycles. The lowest BCUT2D eigenvalue weighted by atomic mass is 10.1. The topological polar surface area (TPSA) is 78.9 Å². The second kappa shape index (κ2) is 9.60. The quantitative estimate of drug-likeness (QED) is 0.525. The molecular weight excluding hydrogens is 392 g/mol. The van der Waals surface area contributed by atoms with Gasteiger partial charge in [-0.25, -0.2) is 9.59 Å². The van der Waals surface area contributed by atoms with Crippen LogP contribution in [-0.4, -0.2) is 40.8 Å². The highest BCUT2D eigenvalue weighted by Gasteiger charge is 2.50. The molecule has 0 spiro atoms. The predicted octanol–water partition coefficient (Wildman–Crippen LogP) is 3.85. The third-order valence-electron chi connectivity index (χ3n) is 4.46. The summed E-state index contributed by atoms with van der Waals surface area (Å²) >= 11 is 1.33. The van der Waals surface area contributed by atoms with Gasteiger partial charge >= 0.3 is 17.9 Å². The summed E-state index contributed by atoms with van der Waals surface area (Å²) in [7, 11) is 0. The summed E-state index contributed by atoms with van der Waals surface area (Å²) in [5.74, 6) is -1.57. The molecule has 152 valence electrons. The third-order valence-corrected chi connectivity index (χ3v) is 6.04. The molecule has 0 amide bonds. The number of carbonyl (C=O) groups excluding carboxylic acids is 3. The van der Waals surface area contributed by atoms with Crippen molar-refractivity contribution in [3.63, 3.8) is 0 Å². The number of hydrogen-bond donors (Lipinski definition) is 0. The van der Waals surface area contributed by atoms with Crippen LogP contribution in [0.3, 0.4) is 0 Å². The lowest BCUT2D eigenvalue weighted by Crippen LogP contribution is -2.41. The van der Waals surface area contributed by atoms with E-state index in [4.69, 9.17) is 14.2 Å². The van der Waals surface area contributed by atoms with E-state index in [0.29, 0.717) is 17.5 Å². The van der Waals surface area contributed by atoms with Crippen molar-refractivity contribution < 1.29 is 28.6 Å². The number of thioether (sulfide) groups is 1. The Bertz CT molecular complexity index is 854. The van der Waals surface area contributed by atoms with Crippen molar-refractivity contribution in [2.45, 2.75) is 43.2 Å². The smallest absolute Gasteiger partial charge is 0.338 e. The first-order valence-electron chi connectivity index (χ1n) is 9.34. The predicted molar refractivity (Wildman–Crippen MR) is 109 cm³/mol. The SMILES string of the molecule is CC[C@H]1S[C@@H](OC(C)=O)[C@H](OC(=O)c2ccccc2)[C@@H]1OC(=O)c1ccccc1. The molecule has 1 fully saturated rings. The Hall–Kier alpha value is -2.80. The van der Waals surface area contributed by atoms with Crippen molar-refractivity contribution >= 4 is 29.7 Å². The fourth-order valence-electron chi connectivity index (χ4n) is 3.08. The van der Waals surface area contributed by atoms with Crippen LogP contribution in [0.1, 0.15) is 41.0 Å². The van der Waals surface area contributed by atoms with Crippen LogP contribution in [0.25, 0.3) is 0 Å². The van der Waals surface area contributed by atoms with E-state index in [-0.39, 0.29) is 5.25 Å². The molecule has 0 aromatic heterocycles. The number of ether oxygens (including phenoxy) is 3. The molecule has 1 saturated heterocycles. The molecule has 29 heavy (non-hydrogen) atoms. The van der Waals surface area contributed by atoms with Crippen LogP contribution in [0.4, 0.5) is 0 Å². The fourth-order valence-corrected chi connectivity index (χ4v) is 4.54. The van der Waals surface area contributed by atoms with Gasteiger partial charge in [-0.05, 0) is 30.7 Å². The number of hydrogen-bond acceptors (Lipinski definition) is 7. The summed E-state index contributed by atoms with van der Waals surface area (Å²) in [5, 5.41) is -0.180. The Morgan fingerprint density at radius 3 is 1.72 bits per heavy atom. The van der Waals surface area contributed by atoms with E-state index in [1.54, 1.807) is 60.7 Å². The zero-order valence-electron chi connectivity index (χ0n) is 16.1. The van der Waals surface area contributed by atoms with Gasteiger partial charge < -0.3 is 14.2 Å². The summed E-state index contributed by atoms with van der Waals surface area (Å²) in [5.41, 5.74) is 0.0160. The van der Waals surface area contributed by atoms with Crippen LogP contribution < -0.4 is 0 Å². The van der Waals surface area contributed by atoms with Gasteiger partial charge in [-0.15, -0.1) is 11.8 Å². The Morgan fingerprint density at radius 2 is 1.28 bits per heavy atom. The lowest BCUT2D eigenvalue weighted by molar-refractivity contribution is -0.148. The number of carbonyl (C=O) groups is 3. The van der Waals surface area contributed by atoms with Gasteiger partial charge in [0.1, 0.15) is 0 Å². The summed E-state index contributed by atoms with van der Waals surface area (Å²) < 4.78 is 16.8. The lowest BCUT2D eigenvalue weighted by Gasteiger charge is -2.25. The first-order valence-corrected chi connectivity index (χ1v) is 10.3. The van der Waals surface area contributed by atoms with E-state index >= 15 is 0 Å². The molecule has 2 aromatic carbocycles. The van der Waals surface area contributed by atoms with Crippen molar-refractivity contribution in [3.05, 3.63) is 71.8 Å². The van der Waals surface area contributed by atoms with Gasteiger partial charge in [0.15, 0.2) is 17.6 Å². The molecule has 0 N–H and O–H groups in total. The van der Waals surface area contributed by atoms with Crippen molar-refractivity contribution in [3.8, 4) is 0 Å². The van der Waals surface area contributed by atoms with Crippen LogP contribution in [-0.2, 0) is 19.0 Å². The van der Waals surface area contributed by atoms with Gasteiger partial charge in [0, 0.05) is 12.2 Å². The standard InChI is InChI=1S/C22H22O6S/c1-3-17-18(27-20(24)15-10-6-4-7-11-15)19(22(29-17)26-14(2)23)28-21(25)16-12-8-5-9-13-16/h4-13,17-19,22H,3H2,1-2H3/t17-,18-,19-,22-/m1/s1. The Morgan fingerprint density at radius 1 is 0.793 bits per heavy atom. The maximum Gasteiger partial charge on any atom is 0.338 e. The number of esters is 3. The van der Waals surface area contributed by atoms with Crippen LogP contribution in [0, 0.1) is 0 Å². The van der Waals surface area contributed by atoms with E-state index in [9.17, 15) is 14.4 Å². The van der Waals surface area contributed by atoms with Gasteiger partial charge in [-0.1, -0.05) is 43.3 Å². The summed E-state index contributed by atoms with van der Waals surface area (Å²) in [6, 6.07) is 17.1. The first-order chi connectivity index (χ1) is 14.0. The molecular formula is C22H22O6S. The highest BCUT2D eigenvalue weighted by molar-refractivity contribution is 8.00. The maximum absolute atomic E-state index is 12.6. The van der Waals surface area contributed by atoms with Gasteiger partial charge in [-0.2, -0.15) is 0 Å². The molecule has 1 aliphatic heterocycles. The van der Waals surface area contributed by atoms with Gasteiger partial charge in [0.25, 0.3) is 0 Å². The van der Waals surface area contributed by atoms with Crippen LogP contribution >= 0.6 is 11.8 Å². The van der Waals surface area contributed by atoms with Gasteiger partial charge in [-0.3, -0.25) is 4.79 Å². The molecule has 7 heteroatoms. The highest BCUT2D eigenvalue weighted by atomic mass is 32.2. The summed E-state index contributed by atoms with van der Waals surface area (Å²) in [6.07, 6.45) is -1.00. The molecule has 4 atom stereocenters. The molecule has 3 rings (SSSR count). The van der Waals surface area contributed by atoms with Crippen LogP contribution in [0.5, 0.6) is 0 Å². The van der Waals surface area contributed by atoms with Gasteiger partial charge in [0.2, 0.25) is 0 Å². The fraction of sp³-hybridized carbons (Fsp3) is 0.318. The minimum atomic E-state index is -0.908. The zero-order valence-corrected chi connectivity index (χ0v) is 17.0. The van der Waals surface area contributed by atoms with E-state index in [1.165, 1.54) is 18.7 Å². The van der Waals surface area contributed by atoms with Crippen molar-refractivity contribution in [2.24, 2.45) is 0 Å². The Balaban J connectivity index is 1.83. The second-order valence-corrected chi connectivity index (χ2v) is 7.87. The summed E-state index contributed by atoms with van der Waals surface area (Å²) in [6.45, 7) is 3.23. The summed E-state index contributed by atoms with van der Waals surface area (Å²) in [4.78, 5) is 36.8. The van der Waals surface area contributed by atoms with E-state index in [2.05, 4.69) is 0 Å². The van der Waals surface area contributed by atoms with E-state index < -0.39 is 35.6 Å². The molecule has 2 aromatic rings. The van der Waals surface area contributed by atoms with E-state index in [0.717, 1.165) is 0 Å². The van der Waals surface area contributed by atoms with E-state index in [1.807, 2.05) is 6.92 Å². The third kappa shape index (κ3) is 5.17. The average Bonchev–Trinajstić information content (AvgIpc) is 3.04. The normalized spacial score (nSPS) is 23.2. The molecule has 0 bridgehead atoms. The molecule has 0 unspecified atom stereocenters. The Kier molecular flexibility index (Phi) is 6.93. The second-order valence-electron chi connectivity index (χ2n) is 6.53. The van der Waals surface area contributed by atoms with Crippen molar-refractivity contribution in [2.75, 3.05) is 0 Å². The molecule has 6 nitrogen and oxygen atoms in total. The molecule has 0 radical (unpaired) electrons.